The largest absolute Gasteiger partial charge is 0.444 e. The second kappa shape index (κ2) is 8.66. The zero-order valence-corrected chi connectivity index (χ0v) is 13.5. The van der Waals surface area contributed by atoms with Gasteiger partial charge in [-0.25, -0.2) is 9.59 Å². The first-order valence-corrected chi connectivity index (χ1v) is 7.15. The van der Waals surface area contributed by atoms with Crippen LogP contribution in [0.15, 0.2) is 0 Å². The van der Waals surface area contributed by atoms with Crippen LogP contribution in [0.5, 0.6) is 0 Å². The standard InChI is InChI=1S/C14H29N3O3/c1-7-15-12(18)17-11(8-10(2)3)9-16-13(19)20-14(4,5)6/h10-11H,7-9H2,1-6H3,(H,16,19)(H2,15,17,18)/t11-/m1/s1. The number of amides is 3. The highest BCUT2D eigenvalue weighted by atomic mass is 16.6. The topological polar surface area (TPSA) is 79.5 Å². The number of alkyl carbamates (subject to hydrolysis) is 1. The molecule has 0 aliphatic heterocycles. The Kier molecular flexibility index (Phi) is 8.03. The van der Waals surface area contributed by atoms with Crippen LogP contribution in [-0.4, -0.2) is 36.9 Å². The molecule has 0 saturated carbocycles. The van der Waals surface area contributed by atoms with E-state index < -0.39 is 11.7 Å². The molecule has 0 aliphatic carbocycles. The van der Waals surface area contributed by atoms with Gasteiger partial charge >= 0.3 is 12.1 Å². The van der Waals surface area contributed by atoms with E-state index in [0.29, 0.717) is 19.0 Å². The molecule has 1 atom stereocenters. The van der Waals surface area contributed by atoms with Crippen LogP contribution in [0.2, 0.25) is 0 Å². The lowest BCUT2D eigenvalue weighted by atomic mass is 10.0. The number of urea groups is 1. The van der Waals surface area contributed by atoms with Gasteiger partial charge in [0.1, 0.15) is 5.60 Å². The molecular formula is C14H29N3O3. The van der Waals surface area contributed by atoms with Crippen molar-refractivity contribution in [3.63, 3.8) is 0 Å². The highest BCUT2D eigenvalue weighted by Crippen LogP contribution is 2.07. The number of rotatable bonds is 6. The van der Waals surface area contributed by atoms with E-state index in [1.807, 2.05) is 27.7 Å². The van der Waals surface area contributed by atoms with Crippen LogP contribution in [0.25, 0.3) is 0 Å². The summed E-state index contributed by atoms with van der Waals surface area (Å²) in [6, 6.07) is -0.335. The first-order chi connectivity index (χ1) is 9.14. The van der Waals surface area contributed by atoms with Gasteiger partial charge in [0.15, 0.2) is 0 Å². The van der Waals surface area contributed by atoms with Crippen molar-refractivity contribution in [2.45, 2.75) is 59.6 Å². The summed E-state index contributed by atoms with van der Waals surface area (Å²) in [5.74, 6) is 0.419. The third-order valence-corrected chi connectivity index (χ3v) is 2.32. The van der Waals surface area contributed by atoms with E-state index in [2.05, 4.69) is 29.8 Å². The molecule has 118 valence electrons. The minimum absolute atomic E-state index is 0.117. The predicted molar refractivity (Wildman–Crippen MR) is 79.7 cm³/mol. The molecule has 0 fully saturated rings. The van der Waals surface area contributed by atoms with E-state index in [4.69, 9.17) is 4.74 Å². The lowest BCUT2D eigenvalue weighted by Gasteiger charge is -2.23. The lowest BCUT2D eigenvalue weighted by molar-refractivity contribution is 0.0521. The zero-order valence-electron chi connectivity index (χ0n) is 13.5. The van der Waals surface area contributed by atoms with Gasteiger partial charge in [-0.1, -0.05) is 13.8 Å². The molecule has 6 heteroatoms. The molecule has 6 nitrogen and oxygen atoms in total. The van der Waals surface area contributed by atoms with Crippen molar-refractivity contribution in [3.05, 3.63) is 0 Å². The molecule has 0 saturated heterocycles. The Labute approximate surface area is 122 Å². The summed E-state index contributed by atoms with van der Waals surface area (Å²) < 4.78 is 5.17. The van der Waals surface area contributed by atoms with Gasteiger partial charge in [0.25, 0.3) is 0 Å². The third-order valence-electron chi connectivity index (χ3n) is 2.32. The lowest BCUT2D eigenvalue weighted by Crippen LogP contribution is -2.48. The molecule has 0 aromatic heterocycles. The van der Waals surface area contributed by atoms with Crippen molar-refractivity contribution in [2.75, 3.05) is 13.1 Å². The summed E-state index contributed by atoms with van der Waals surface area (Å²) >= 11 is 0. The van der Waals surface area contributed by atoms with Gasteiger partial charge < -0.3 is 20.7 Å². The summed E-state index contributed by atoms with van der Waals surface area (Å²) in [6.45, 7) is 12.3. The van der Waals surface area contributed by atoms with Crippen LogP contribution in [0.1, 0.15) is 48.0 Å². The summed E-state index contributed by atoms with van der Waals surface area (Å²) in [6.07, 6.45) is 0.316. The number of hydrogen-bond acceptors (Lipinski definition) is 3. The Morgan fingerprint density at radius 3 is 2.20 bits per heavy atom. The Hall–Kier alpha value is -1.46. The molecule has 0 unspecified atom stereocenters. The highest BCUT2D eigenvalue weighted by Gasteiger charge is 2.19. The molecule has 0 aliphatic rings. The summed E-state index contributed by atoms with van der Waals surface area (Å²) in [5.41, 5.74) is -0.523. The van der Waals surface area contributed by atoms with E-state index in [9.17, 15) is 9.59 Å². The Balaban J connectivity index is 4.29. The van der Waals surface area contributed by atoms with Crippen LogP contribution < -0.4 is 16.0 Å². The second-order valence-corrected chi connectivity index (χ2v) is 6.21. The van der Waals surface area contributed by atoms with Crippen molar-refractivity contribution in [1.82, 2.24) is 16.0 Å². The molecule has 0 spiro atoms. The fourth-order valence-corrected chi connectivity index (χ4v) is 1.68. The van der Waals surface area contributed by atoms with E-state index in [1.165, 1.54) is 0 Å². The fourth-order valence-electron chi connectivity index (χ4n) is 1.68. The SMILES string of the molecule is CCNC(=O)N[C@@H](CNC(=O)OC(C)(C)C)CC(C)C. The quantitative estimate of drug-likeness (QED) is 0.701. The molecule has 0 aromatic rings. The van der Waals surface area contributed by atoms with Crippen molar-refractivity contribution in [2.24, 2.45) is 5.92 Å². The molecule has 20 heavy (non-hydrogen) atoms. The first kappa shape index (κ1) is 18.5. The average Bonchev–Trinajstić information content (AvgIpc) is 2.23. The number of carbonyl (C=O) groups excluding carboxylic acids is 2. The van der Waals surface area contributed by atoms with E-state index >= 15 is 0 Å². The Bertz CT molecular complexity index is 311. The normalized spacial score (nSPS) is 12.8. The Morgan fingerprint density at radius 1 is 1.15 bits per heavy atom. The molecule has 0 rings (SSSR count). The van der Waals surface area contributed by atoms with Crippen LogP contribution in [-0.2, 0) is 4.74 Å². The minimum Gasteiger partial charge on any atom is -0.444 e. The molecule has 0 radical (unpaired) electrons. The number of hydrogen-bond donors (Lipinski definition) is 3. The van der Waals surface area contributed by atoms with Gasteiger partial charge in [-0.05, 0) is 40.0 Å². The van der Waals surface area contributed by atoms with Gasteiger partial charge in [0.05, 0.1) is 0 Å². The maximum absolute atomic E-state index is 11.6. The molecule has 0 bridgehead atoms. The molecule has 3 amide bonds. The van der Waals surface area contributed by atoms with Crippen molar-refractivity contribution in [1.29, 1.82) is 0 Å². The smallest absolute Gasteiger partial charge is 0.407 e. The molecule has 3 N–H and O–H groups in total. The van der Waals surface area contributed by atoms with Crippen LogP contribution in [0, 0.1) is 5.92 Å². The predicted octanol–water partition coefficient (Wildman–Crippen LogP) is 2.24. The maximum Gasteiger partial charge on any atom is 0.407 e. The van der Waals surface area contributed by atoms with Crippen LogP contribution >= 0.6 is 0 Å². The van der Waals surface area contributed by atoms with Crippen molar-refractivity contribution in [3.8, 4) is 0 Å². The van der Waals surface area contributed by atoms with E-state index in [0.717, 1.165) is 6.42 Å². The van der Waals surface area contributed by atoms with Gasteiger partial charge in [0, 0.05) is 19.1 Å². The summed E-state index contributed by atoms with van der Waals surface area (Å²) in [5, 5.41) is 8.22. The van der Waals surface area contributed by atoms with Crippen molar-refractivity contribution < 1.29 is 14.3 Å². The maximum atomic E-state index is 11.6. The minimum atomic E-state index is -0.523. The van der Waals surface area contributed by atoms with E-state index in [-0.39, 0.29) is 12.1 Å². The highest BCUT2D eigenvalue weighted by molar-refractivity contribution is 5.74. The van der Waals surface area contributed by atoms with Crippen LogP contribution in [0.4, 0.5) is 9.59 Å². The van der Waals surface area contributed by atoms with Gasteiger partial charge in [-0.15, -0.1) is 0 Å². The first-order valence-electron chi connectivity index (χ1n) is 7.15. The van der Waals surface area contributed by atoms with Gasteiger partial charge in [-0.2, -0.15) is 0 Å². The Morgan fingerprint density at radius 2 is 1.75 bits per heavy atom. The monoisotopic (exact) mass is 287 g/mol. The summed E-state index contributed by atoms with van der Waals surface area (Å²) in [7, 11) is 0. The number of ether oxygens (including phenoxy) is 1. The molecule has 0 aromatic carbocycles. The third kappa shape index (κ3) is 10.5. The van der Waals surface area contributed by atoms with Gasteiger partial charge in [0.2, 0.25) is 0 Å². The van der Waals surface area contributed by atoms with E-state index in [1.54, 1.807) is 0 Å². The average molecular weight is 287 g/mol. The zero-order chi connectivity index (χ0) is 15.8. The fraction of sp³-hybridized carbons (Fsp3) is 0.857. The molecular weight excluding hydrogens is 258 g/mol. The van der Waals surface area contributed by atoms with Gasteiger partial charge in [-0.3, -0.25) is 0 Å². The summed E-state index contributed by atoms with van der Waals surface area (Å²) in [4.78, 5) is 23.1. The second-order valence-electron chi connectivity index (χ2n) is 6.21. The number of nitrogens with one attached hydrogen (secondary N) is 3. The van der Waals surface area contributed by atoms with Crippen LogP contribution in [0.3, 0.4) is 0 Å². The molecule has 0 heterocycles. The van der Waals surface area contributed by atoms with Crippen molar-refractivity contribution >= 4 is 12.1 Å². The number of carbonyl (C=O) groups is 2.